The number of ether oxygens (including phenoxy) is 1. The second kappa shape index (κ2) is 6.23. The van der Waals surface area contributed by atoms with E-state index in [0.29, 0.717) is 17.2 Å². The highest BCUT2D eigenvalue weighted by atomic mass is 16.6. The Balaban J connectivity index is 2.15. The largest absolute Gasteiger partial charge is 0.868 e. The minimum absolute atomic E-state index is 0.166. The van der Waals surface area contributed by atoms with Crippen LogP contribution in [0, 0.1) is 16.0 Å². The van der Waals surface area contributed by atoms with Crippen molar-refractivity contribution in [1.82, 2.24) is 14.8 Å². The number of nitrogens with zero attached hydrogens (tertiary/aromatic N) is 4. The van der Waals surface area contributed by atoms with Crippen LogP contribution in [-0.4, -0.2) is 32.3 Å². The first kappa shape index (κ1) is 16.4. The number of aromatic nitrogens is 3. The number of nitro groups is 1. The van der Waals surface area contributed by atoms with Crippen molar-refractivity contribution in [2.45, 2.75) is 13.0 Å². The van der Waals surface area contributed by atoms with Gasteiger partial charge in [0.2, 0.25) is 5.95 Å². The number of rotatable bonds is 4. The Morgan fingerprint density at radius 2 is 2.28 bits per heavy atom. The summed E-state index contributed by atoms with van der Waals surface area (Å²) >= 11 is 0. The normalized spacial score (nSPS) is 19.0. The maximum atomic E-state index is 12.4. The lowest BCUT2D eigenvalue weighted by Crippen LogP contribution is -2.37. The molecule has 10 nitrogen and oxygen atoms in total. The van der Waals surface area contributed by atoms with Gasteiger partial charge in [-0.25, -0.2) is 4.68 Å². The summed E-state index contributed by atoms with van der Waals surface area (Å²) in [6.07, 6.45) is 1.28. The Hall–Kier alpha value is -3.43. The highest BCUT2D eigenvalue weighted by molar-refractivity contribution is 5.79. The fourth-order valence-corrected chi connectivity index (χ4v) is 2.79. The van der Waals surface area contributed by atoms with Crippen molar-refractivity contribution in [1.29, 1.82) is 0 Å². The molecule has 0 fully saturated rings. The van der Waals surface area contributed by atoms with Crippen molar-refractivity contribution in [3.05, 3.63) is 52.5 Å². The van der Waals surface area contributed by atoms with Gasteiger partial charge in [-0.1, -0.05) is 18.7 Å². The lowest BCUT2D eigenvalue weighted by molar-refractivity contribution is -0.398. The van der Waals surface area contributed by atoms with Crippen molar-refractivity contribution < 1.29 is 19.6 Å². The SMILES string of the molecule is C=C1Nc2ncnn2C(c2ccc([O-])c([N+](=O)[O-])c2)C1C(=O)OCC. The van der Waals surface area contributed by atoms with E-state index < -0.39 is 34.3 Å². The molecule has 1 aliphatic heterocycles. The molecule has 0 bridgehead atoms. The number of esters is 1. The monoisotopic (exact) mass is 344 g/mol. The van der Waals surface area contributed by atoms with Crippen molar-refractivity contribution in [3.63, 3.8) is 0 Å². The summed E-state index contributed by atoms with van der Waals surface area (Å²) < 4.78 is 6.52. The van der Waals surface area contributed by atoms with Crippen molar-refractivity contribution >= 4 is 17.6 Å². The highest BCUT2D eigenvalue weighted by Gasteiger charge is 2.40. The zero-order valence-corrected chi connectivity index (χ0v) is 13.2. The molecule has 0 saturated carbocycles. The van der Waals surface area contributed by atoms with Gasteiger partial charge in [-0.3, -0.25) is 14.9 Å². The summed E-state index contributed by atoms with van der Waals surface area (Å²) in [6.45, 7) is 5.68. The third kappa shape index (κ3) is 2.77. The molecule has 2 aromatic rings. The predicted octanol–water partition coefficient (Wildman–Crippen LogP) is 0.968. The van der Waals surface area contributed by atoms with Crippen LogP contribution in [0.3, 0.4) is 0 Å². The first-order chi connectivity index (χ1) is 11.9. The van der Waals surface area contributed by atoms with Gasteiger partial charge in [0.1, 0.15) is 12.2 Å². The van der Waals surface area contributed by atoms with Crippen LogP contribution >= 0.6 is 0 Å². The van der Waals surface area contributed by atoms with Crippen LogP contribution in [0.2, 0.25) is 0 Å². The first-order valence-corrected chi connectivity index (χ1v) is 7.41. The standard InChI is InChI=1S/C15H15N5O5/c1-3-25-14(22)12-8(2)18-15-16-7-17-19(15)13(12)9-4-5-11(21)10(6-9)20(23)24/h4-7,12-13,21H,2-3H2,1H3,(H,16,17,18)/p-1. The summed E-state index contributed by atoms with van der Waals surface area (Å²) in [5.41, 5.74) is 0.113. The van der Waals surface area contributed by atoms with Gasteiger partial charge in [0.25, 0.3) is 5.69 Å². The molecule has 0 amide bonds. The second-order valence-electron chi connectivity index (χ2n) is 5.34. The van der Waals surface area contributed by atoms with Gasteiger partial charge < -0.3 is 15.2 Å². The molecule has 1 aromatic heterocycles. The Labute approximate surface area is 141 Å². The molecule has 2 atom stereocenters. The van der Waals surface area contributed by atoms with Crippen molar-refractivity contribution in [3.8, 4) is 5.75 Å². The fraction of sp³-hybridized carbons (Fsp3) is 0.267. The van der Waals surface area contributed by atoms with E-state index in [0.717, 1.165) is 12.1 Å². The van der Waals surface area contributed by atoms with Gasteiger partial charge in [0.15, 0.2) is 0 Å². The summed E-state index contributed by atoms with van der Waals surface area (Å²) in [5, 5.41) is 29.7. The average Bonchev–Trinajstić information content (AvgIpc) is 3.01. The van der Waals surface area contributed by atoms with E-state index in [9.17, 15) is 20.0 Å². The summed E-state index contributed by atoms with van der Waals surface area (Å²) in [4.78, 5) is 26.8. The number of nitro benzene ring substituents is 1. The second-order valence-corrected chi connectivity index (χ2v) is 5.34. The zero-order valence-electron chi connectivity index (χ0n) is 13.2. The van der Waals surface area contributed by atoms with Crippen molar-refractivity contribution in [2.24, 2.45) is 5.92 Å². The quantitative estimate of drug-likeness (QED) is 0.492. The van der Waals surface area contributed by atoms with Gasteiger partial charge in [0.05, 0.1) is 17.6 Å². The maximum Gasteiger partial charge on any atom is 0.317 e. The van der Waals surface area contributed by atoms with Crippen molar-refractivity contribution in [2.75, 3.05) is 11.9 Å². The summed E-state index contributed by atoms with van der Waals surface area (Å²) in [6, 6.07) is 2.89. The van der Waals surface area contributed by atoms with E-state index in [1.807, 2.05) is 0 Å². The number of nitrogens with one attached hydrogen (secondary N) is 1. The molecule has 1 aliphatic rings. The molecular formula is C15H14N5O5-. The molecule has 25 heavy (non-hydrogen) atoms. The molecule has 0 radical (unpaired) electrons. The van der Waals surface area contributed by atoms with E-state index in [-0.39, 0.29) is 6.61 Å². The predicted molar refractivity (Wildman–Crippen MR) is 83.6 cm³/mol. The highest BCUT2D eigenvalue weighted by Crippen LogP contribution is 2.39. The molecule has 0 aliphatic carbocycles. The molecule has 130 valence electrons. The summed E-state index contributed by atoms with van der Waals surface area (Å²) in [7, 11) is 0. The fourth-order valence-electron chi connectivity index (χ4n) is 2.79. The number of hydrogen-bond donors (Lipinski definition) is 1. The molecule has 0 saturated heterocycles. The lowest BCUT2D eigenvalue weighted by atomic mass is 9.89. The number of carbonyl (C=O) groups is 1. The van der Waals surface area contributed by atoms with Crippen LogP contribution in [-0.2, 0) is 9.53 Å². The van der Waals surface area contributed by atoms with E-state index in [2.05, 4.69) is 22.0 Å². The molecule has 10 heteroatoms. The zero-order chi connectivity index (χ0) is 18.1. The Bertz CT molecular complexity index is 862. The van der Waals surface area contributed by atoms with Crippen LogP contribution in [0.4, 0.5) is 11.6 Å². The Kier molecular flexibility index (Phi) is 4.09. The third-order valence-electron chi connectivity index (χ3n) is 3.86. The molecule has 2 unspecified atom stereocenters. The van der Waals surface area contributed by atoms with E-state index in [1.165, 1.54) is 17.1 Å². The number of carbonyl (C=O) groups excluding carboxylic acids is 1. The Morgan fingerprint density at radius 3 is 2.96 bits per heavy atom. The average molecular weight is 344 g/mol. The van der Waals surface area contributed by atoms with E-state index in [1.54, 1.807) is 6.92 Å². The molecule has 0 spiro atoms. The number of benzene rings is 1. The van der Waals surface area contributed by atoms with E-state index in [4.69, 9.17) is 4.74 Å². The maximum absolute atomic E-state index is 12.4. The van der Waals surface area contributed by atoms with Gasteiger partial charge in [-0.05, 0) is 18.2 Å². The topological polar surface area (TPSA) is 135 Å². The first-order valence-electron chi connectivity index (χ1n) is 7.41. The smallest absolute Gasteiger partial charge is 0.317 e. The minimum atomic E-state index is -0.883. The van der Waals surface area contributed by atoms with Crippen LogP contribution in [0.1, 0.15) is 18.5 Å². The third-order valence-corrected chi connectivity index (χ3v) is 3.86. The molecule has 1 aromatic carbocycles. The lowest BCUT2D eigenvalue weighted by Gasteiger charge is -2.33. The number of fused-ring (bicyclic) bond motifs is 1. The molecule has 2 heterocycles. The van der Waals surface area contributed by atoms with Crippen LogP contribution in [0.5, 0.6) is 5.75 Å². The van der Waals surface area contributed by atoms with Gasteiger partial charge >= 0.3 is 5.97 Å². The van der Waals surface area contributed by atoms with Gasteiger partial charge in [-0.2, -0.15) is 10.1 Å². The van der Waals surface area contributed by atoms with Crippen LogP contribution in [0.25, 0.3) is 0 Å². The van der Waals surface area contributed by atoms with Gasteiger partial charge in [-0.15, -0.1) is 0 Å². The van der Waals surface area contributed by atoms with Gasteiger partial charge in [0, 0.05) is 11.8 Å². The molecule has 1 N–H and O–H groups in total. The number of anilines is 1. The van der Waals surface area contributed by atoms with E-state index >= 15 is 0 Å². The molecular weight excluding hydrogens is 330 g/mol. The number of hydrogen-bond acceptors (Lipinski definition) is 8. The van der Waals surface area contributed by atoms with Crippen LogP contribution in [0.15, 0.2) is 36.8 Å². The molecule has 3 rings (SSSR count). The Morgan fingerprint density at radius 1 is 1.52 bits per heavy atom. The van der Waals surface area contributed by atoms with Crippen LogP contribution < -0.4 is 10.4 Å². The minimum Gasteiger partial charge on any atom is -0.868 e. The summed E-state index contributed by atoms with van der Waals surface area (Å²) in [5.74, 6) is -1.82.